The number of ether oxygens (including phenoxy) is 3. The van der Waals surface area contributed by atoms with Crippen molar-refractivity contribution < 1.29 is 14.2 Å². The SMILES string of the molecule is CCCCCOc1ccc(OCCCOC2CCC(CCCCC)CC2)cc1. The number of hydrogen-bond donors (Lipinski definition) is 0. The summed E-state index contributed by atoms with van der Waals surface area (Å²) in [6, 6.07) is 7.99. The lowest BCUT2D eigenvalue weighted by Crippen LogP contribution is -2.22. The van der Waals surface area contributed by atoms with Crippen LogP contribution in [-0.2, 0) is 4.74 Å². The summed E-state index contributed by atoms with van der Waals surface area (Å²) in [5.41, 5.74) is 0. The normalized spacial score (nSPS) is 19.5. The van der Waals surface area contributed by atoms with Gasteiger partial charge in [-0.25, -0.2) is 0 Å². The van der Waals surface area contributed by atoms with Gasteiger partial charge in [0.05, 0.1) is 25.9 Å². The van der Waals surface area contributed by atoms with E-state index in [-0.39, 0.29) is 0 Å². The van der Waals surface area contributed by atoms with Crippen LogP contribution in [0.25, 0.3) is 0 Å². The van der Waals surface area contributed by atoms with Gasteiger partial charge < -0.3 is 14.2 Å². The Bertz CT molecular complexity index is 477. The Morgan fingerprint density at radius 2 is 1.25 bits per heavy atom. The number of rotatable bonds is 15. The van der Waals surface area contributed by atoms with Gasteiger partial charge in [-0.15, -0.1) is 0 Å². The fourth-order valence-corrected chi connectivity index (χ4v) is 3.94. The van der Waals surface area contributed by atoms with Crippen LogP contribution in [0.15, 0.2) is 24.3 Å². The molecule has 1 aromatic carbocycles. The predicted molar refractivity (Wildman–Crippen MR) is 117 cm³/mol. The van der Waals surface area contributed by atoms with Crippen LogP contribution >= 0.6 is 0 Å². The van der Waals surface area contributed by atoms with Crippen molar-refractivity contribution in [2.75, 3.05) is 19.8 Å². The smallest absolute Gasteiger partial charge is 0.119 e. The average Bonchev–Trinajstić information content (AvgIpc) is 2.73. The molecule has 160 valence electrons. The quantitative estimate of drug-likeness (QED) is 0.297. The molecule has 0 atom stereocenters. The van der Waals surface area contributed by atoms with Gasteiger partial charge >= 0.3 is 0 Å². The first-order valence-electron chi connectivity index (χ1n) is 11.8. The van der Waals surface area contributed by atoms with E-state index in [4.69, 9.17) is 14.2 Å². The van der Waals surface area contributed by atoms with Crippen molar-refractivity contribution in [1.82, 2.24) is 0 Å². The van der Waals surface area contributed by atoms with E-state index in [1.807, 2.05) is 24.3 Å². The molecule has 0 radical (unpaired) electrons. The Balaban J connectivity index is 1.48. The highest BCUT2D eigenvalue weighted by atomic mass is 16.5. The topological polar surface area (TPSA) is 27.7 Å². The summed E-state index contributed by atoms with van der Waals surface area (Å²) < 4.78 is 17.6. The van der Waals surface area contributed by atoms with Crippen molar-refractivity contribution in [2.45, 2.75) is 97.0 Å². The standard InChI is InChI=1S/C25H42O3/c1-3-5-7-10-22-11-13-23(14-12-22)27-20-9-21-28-25-17-15-24(16-18-25)26-19-8-6-4-2/h15-18,22-23H,3-14,19-21H2,1-2H3. The summed E-state index contributed by atoms with van der Waals surface area (Å²) in [5, 5.41) is 0. The molecule has 1 aliphatic rings. The maximum atomic E-state index is 6.08. The zero-order valence-electron chi connectivity index (χ0n) is 18.3. The van der Waals surface area contributed by atoms with Crippen LogP contribution in [0.2, 0.25) is 0 Å². The number of hydrogen-bond acceptors (Lipinski definition) is 3. The lowest BCUT2D eigenvalue weighted by molar-refractivity contribution is 0.0119. The minimum Gasteiger partial charge on any atom is -0.494 e. The van der Waals surface area contributed by atoms with E-state index < -0.39 is 0 Å². The molecule has 2 rings (SSSR count). The molecule has 0 spiro atoms. The van der Waals surface area contributed by atoms with Crippen molar-refractivity contribution in [1.29, 1.82) is 0 Å². The molecule has 1 aliphatic carbocycles. The maximum Gasteiger partial charge on any atom is 0.119 e. The van der Waals surface area contributed by atoms with E-state index in [1.165, 1.54) is 64.2 Å². The first-order valence-corrected chi connectivity index (χ1v) is 11.8. The van der Waals surface area contributed by atoms with Crippen LogP contribution in [0.4, 0.5) is 0 Å². The molecule has 0 aliphatic heterocycles. The third-order valence-corrected chi connectivity index (χ3v) is 5.76. The molecule has 1 fully saturated rings. The Labute approximate surface area is 173 Å². The minimum atomic E-state index is 0.478. The summed E-state index contributed by atoms with van der Waals surface area (Å²) in [4.78, 5) is 0. The van der Waals surface area contributed by atoms with E-state index in [1.54, 1.807) is 0 Å². The molecule has 0 heterocycles. The summed E-state index contributed by atoms with van der Waals surface area (Å²) in [5.74, 6) is 2.79. The van der Waals surface area contributed by atoms with Crippen molar-refractivity contribution in [3.8, 4) is 11.5 Å². The minimum absolute atomic E-state index is 0.478. The zero-order chi connectivity index (χ0) is 19.9. The van der Waals surface area contributed by atoms with Gasteiger partial charge in [0.25, 0.3) is 0 Å². The Morgan fingerprint density at radius 3 is 1.86 bits per heavy atom. The van der Waals surface area contributed by atoms with E-state index in [9.17, 15) is 0 Å². The molecule has 3 nitrogen and oxygen atoms in total. The van der Waals surface area contributed by atoms with Crippen LogP contribution in [0.5, 0.6) is 11.5 Å². The summed E-state index contributed by atoms with van der Waals surface area (Å²) >= 11 is 0. The first kappa shape index (κ1) is 23.1. The molecule has 0 saturated heterocycles. The van der Waals surface area contributed by atoms with Crippen molar-refractivity contribution in [3.63, 3.8) is 0 Å². The van der Waals surface area contributed by atoms with Gasteiger partial charge in [0.2, 0.25) is 0 Å². The molecule has 0 amide bonds. The number of benzene rings is 1. The first-order chi connectivity index (χ1) is 13.8. The fraction of sp³-hybridized carbons (Fsp3) is 0.760. The Hall–Kier alpha value is -1.22. The molecule has 0 N–H and O–H groups in total. The highest BCUT2D eigenvalue weighted by molar-refractivity contribution is 5.31. The molecule has 28 heavy (non-hydrogen) atoms. The van der Waals surface area contributed by atoms with Gasteiger partial charge in [-0.2, -0.15) is 0 Å². The highest BCUT2D eigenvalue weighted by Crippen LogP contribution is 2.30. The Kier molecular flexibility index (Phi) is 12.1. The summed E-state index contributed by atoms with van der Waals surface area (Å²) in [7, 11) is 0. The van der Waals surface area contributed by atoms with Gasteiger partial charge in [-0.05, 0) is 62.3 Å². The van der Waals surface area contributed by atoms with E-state index in [0.717, 1.165) is 43.5 Å². The van der Waals surface area contributed by atoms with Crippen LogP contribution < -0.4 is 9.47 Å². The molecule has 1 saturated carbocycles. The molecule has 0 bridgehead atoms. The zero-order valence-corrected chi connectivity index (χ0v) is 18.3. The molecular weight excluding hydrogens is 348 g/mol. The van der Waals surface area contributed by atoms with Gasteiger partial charge in [-0.1, -0.05) is 52.4 Å². The lowest BCUT2D eigenvalue weighted by Gasteiger charge is -2.28. The van der Waals surface area contributed by atoms with Gasteiger partial charge in [0, 0.05) is 6.42 Å². The second-order valence-electron chi connectivity index (χ2n) is 8.24. The molecule has 0 aromatic heterocycles. The summed E-state index contributed by atoms with van der Waals surface area (Å²) in [6.45, 7) is 6.81. The Morgan fingerprint density at radius 1 is 0.679 bits per heavy atom. The third kappa shape index (κ3) is 9.82. The highest BCUT2D eigenvalue weighted by Gasteiger charge is 2.20. The largest absolute Gasteiger partial charge is 0.494 e. The van der Waals surface area contributed by atoms with Crippen molar-refractivity contribution in [3.05, 3.63) is 24.3 Å². The lowest BCUT2D eigenvalue weighted by atomic mass is 9.84. The predicted octanol–water partition coefficient (Wildman–Crippen LogP) is 7.18. The van der Waals surface area contributed by atoms with E-state index >= 15 is 0 Å². The van der Waals surface area contributed by atoms with Gasteiger partial charge in [0.15, 0.2) is 0 Å². The molecule has 1 aromatic rings. The van der Waals surface area contributed by atoms with Crippen molar-refractivity contribution >= 4 is 0 Å². The van der Waals surface area contributed by atoms with Crippen LogP contribution in [-0.4, -0.2) is 25.9 Å². The fourth-order valence-electron chi connectivity index (χ4n) is 3.94. The van der Waals surface area contributed by atoms with Crippen molar-refractivity contribution in [2.24, 2.45) is 5.92 Å². The maximum absolute atomic E-state index is 6.08. The molecule has 3 heteroatoms. The van der Waals surface area contributed by atoms with Gasteiger partial charge in [0.1, 0.15) is 11.5 Å². The number of unbranched alkanes of at least 4 members (excludes halogenated alkanes) is 4. The average molecular weight is 391 g/mol. The second kappa shape index (κ2) is 14.7. The van der Waals surface area contributed by atoms with E-state index in [2.05, 4.69) is 13.8 Å². The van der Waals surface area contributed by atoms with Crippen LogP contribution in [0, 0.1) is 5.92 Å². The van der Waals surface area contributed by atoms with Crippen LogP contribution in [0.1, 0.15) is 90.9 Å². The summed E-state index contributed by atoms with van der Waals surface area (Å²) in [6.07, 6.45) is 15.8. The van der Waals surface area contributed by atoms with Crippen LogP contribution in [0.3, 0.4) is 0 Å². The van der Waals surface area contributed by atoms with Gasteiger partial charge in [-0.3, -0.25) is 0 Å². The molecule has 0 unspecified atom stereocenters. The molecular formula is C25H42O3. The monoisotopic (exact) mass is 390 g/mol. The third-order valence-electron chi connectivity index (χ3n) is 5.76. The second-order valence-corrected chi connectivity index (χ2v) is 8.24. The van der Waals surface area contributed by atoms with E-state index in [0.29, 0.717) is 12.7 Å².